The molecule has 20 heavy (non-hydrogen) atoms. The fourth-order valence-electron chi connectivity index (χ4n) is 1.58. The molecule has 1 aromatic carbocycles. The van der Waals surface area contributed by atoms with Crippen molar-refractivity contribution in [2.75, 3.05) is 13.7 Å². The van der Waals surface area contributed by atoms with E-state index in [1.54, 1.807) is 6.92 Å². The van der Waals surface area contributed by atoms with Crippen LogP contribution in [0.5, 0.6) is 0 Å². The van der Waals surface area contributed by atoms with Gasteiger partial charge < -0.3 is 9.84 Å². The molecule has 0 bridgehead atoms. The number of rotatable bonds is 7. The van der Waals surface area contributed by atoms with Crippen molar-refractivity contribution in [1.82, 2.24) is 4.72 Å². The minimum Gasteiger partial charge on any atom is -0.465 e. The van der Waals surface area contributed by atoms with Gasteiger partial charge in [-0.3, -0.25) is 0 Å². The van der Waals surface area contributed by atoms with Gasteiger partial charge in [-0.1, -0.05) is 0 Å². The summed E-state index contributed by atoms with van der Waals surface area (Å²) in [7, 11) is -2.33. The number of esters is 1. The Morgan fingerprint density at radius 2 is 1.95 bits per heavy atom. The molecule has 1 unspecified atom stereocenters. The third-order valence-electron chi connectivity index (χ3n) is 2.68. The van der Waals surface area contributed by atoms with Crippen LogP contribution in [-0.4, -0.2) is 39.3 Å². The summed E-state index contributed by atoms with van der Waals surface area (Å²) in [6, 6.07) is 5.50. The van der Waals surface area contributed by atoms with Gasteiger partial charge in [-0.05, 0) is 44.0 Å². The predicted octanol–water partition coefficient (Wildman–Crippen LogP) is 0.912. The summed E-state index contributed by atoms with van der Waals surface area (Å²) < 4.78 is 30.8. The lowest BCUT2D eigenvalue weighted by atomic mass is 10.2. The van der Waals surface area contributed by atoms with E-state index in [4.69, 9.17) is 5.11 Å². The molecule has 0 aromatic heterocycles. The third kappa shape index (κ3) is 4.92. The van der Waals surface area contributed by atoms with E-state index in [2.05, 4.69) is 9.46 Å². The Hall–Kier alpha value is -1.44. The summed E-state index contributed by atoms with van der Waals surface area (Å²) >= 11 is 0. The van der Waals surface area contributed by atoms with Gasteiger partial charge in [-0.15, -0.1) is 0 Å². The van der Waals surface area contributed by atoms with Crippen molar-refractivity contribution in [2.45, 2.75) is 30.8 Å². The average molecular weight is 301 g/mol. The first kappa shape index (κ1) is 16.6. The van der Waals surface area contributed by atoms with Crippen LogP contribution < -0.4 is 4.72 Å². The zero-order chi connectivity index (χ0) is 15.2. The molecule has 2 N–H and O–H groups in total. The van der Waals surface area contributed by atoms with Crippen molar-refractivity contribution >= 4 is 16.0 Å². The van der Waals surface area contributed by atoms with Crippen molar-refractivity contribution < 1.29 is 23.1 Å². The molecule has 0 aliphatic carbocycles. The molecule has 0 saturated heterocycles. The van der Waals surface area contributed by atoms with Gasteiger partial charge >= 0.3 is 5.97 Å². The first-order chi connectivity index (χ1) is 9.36. The highest BCUT2D eigenvalue weighted by Crippen LogP contribution is 2.11. The highest BCUT2D eigenvalue weighted by atomic mass is 32.2. The molecule has 1 rings (SSSR count). The molecule has 0 aliphatic heterocycles. The topological polar surface area (TPSA) is 92.7 Å². The van der Waals surface area contributed by atoms with E-state index in [-0.39, 0.29) is 11.4 Å². The van der Waals surface area contributed by atoms with Crippen LogP contribution in [0.4, 0.5) is 0 Å². The van der Waals surface area contributed by atoms with Crippen molar-refractivity contribution in [3.63, 3.8) is 0 Å². The maximum Gasteiger partial charge on any atom is 0.337 e. The molecule has 0 spiro atoms. The minimum atomic E-state index is -3.59. The smallest absolute Gasteiger partial charge is 0.337 e. The van der Waals surface area contributed by atoms with Crippen molar-refractivity contribution in [2.24, 2.45) is 0 Å². The number of nitrogens with one attached hydrogen (secondary N) is 1. The molecular formula is C13H19NO5S. The van der Waals surface area contributed by atoms with Gasteiger partial charge in [-0.25, -0.2) is 17.9 Å². The number of methoxy groups -OCH3 is 1. The van der Waals surface area contributed by atoms with Crippen LogP contribution in [0.25, 0.3) is 0 Å². The van der Waals surface area contributed by atoms with E-state index >= 15 is 0 Å². The number of carbonyl (C=O) groups excluding carboxylic acids is 1. The number of aliphatic hydroxyl groups is 1. The van der Waals surface area contributed by atoms with Crippen LogP contribution in [0.15, 0.2) is 29.2 Å². The van der Waals surface area contributed by atoms with Gasteiger partial charge in [0, 0.05) is 6.54 Å². The number of hydrogen-bond acceptors (Lipinski definition) is 5. The fourth-order valence-corrected chi connectivity index (χ4v) is 2.65. The second-order valence-electron chi connectivity index (χ2n) is 4.40. The maximum absolute atomic E-state index is 11.9. The van der Waals surface area contributed by atoms with E-state index in [1.165, 1.54) is 31.4 Å². The first-order valence-electron chi connectivity index (χ1n) is 6.23. The molecule has 0 radical (unpaired) electrons. The number of ether oxygens (including phenoxy) is 1. The Morgan fingerprint density at radius 3 is 2.45 bits per heavy atom. The van der Waals surface area contributed by atoms with Crippen LogP contribution >= 0.6 is 0 Å². The Balaban J connectivity index is 2.66. The maximum atomic E-state index is 11.9. The molecule has 1 aromatic rings. The highest BCUT2D eigenvalue weighted by molar-refractivity contribution is 7.89. The number of sulfonamides is 1. The largest absolute Gasteiger partial charge is 0.465 e. The molecule has 0 amide bonds. The normalized spacial score (nSPS) is 12.9. The summed E-state index contributed by atoms with van der Waals surface area (Å²) in [6.45, 7) is 1.91. The second-order valence-corrected chi connectivity index (χ2v) is 6.17. The van der Waals surface area contributed by atoms with E-state index in [0.717, 1.165) is 0 Å². The van der Waals surface area contributed by atoms with Gasteiger partial charge in [0.25, 0.3) is 0 Å². The molecule has 0 saturated carbocycles. The minimum absolute atomic E-state index is 0.0854. The molecule has 7 heteroatoms. The zero-order valence-electron chi connectivity index (χ0n) is 11.5. The number of carbonyl (C=O) groups is 1. The first-order valence-corrected chi connectivity index (χ1v) is 7.71. The molecular weight excluding hydrogens is 282 g/mol. The quantitative estimate of drug-likeness (QED) is 0.577. The van der Waals surface area contributed by atoms with Crippen LogP contribution in [-0.2, 0) is 14.8 Å². The zero-order valence-corrected chi connectivity index (χ0v) is 12.3. The van der Waals surface area contributed by atoms with Crippen molar-refractivity contribution in [3.05, 3.63) is 29.8 Å². The van der Waals surface area contributed by atoms with Gasteiger partial charge in [0.05, 0.1) is 23.7 Å². The van der Waals surface area contributed by atoms with E-state index in [9.17, 15) is 13.2 Å². The highest BCUT2D eigenvalue weighted by Gasteiger charge is 2.14. The molecule has 1 atom stereocenters. The number of aliphatic hydroxyl groups excluding tert-OH is 1. The summed E-state index contributed by atoms with van der Waals surface area (Å²) in [5, 5.41) is 9.08. The summed E-state index contributed by atoms with van der Waals surface area (Å²) in [5.41, 5.74) is 0.292. The van der Waals surface area contributed by atoms with Gasteiger partial charge in [0.2, 0.25) is 10.0 Å². The molecule has 6 nitrogen and oxygen atoms in total. The summed E-state index contributed by atoms with van der Waals surface area (Å²) in [6.07, 6.45) is 0.639. The van der Waals surface area contributed by atoms with Crippen LogP contribution in [0.2, 0.25) is 0 Å². The van der Waals surface area contributed by atoms with E-state index in [0.29, 0.717) is 18.4 Å². The van der Waals surface area contributed by atoms with E-state index < -0.39 is 22.1 Å². The van der Waals surface area contributed by atoms with E-state index in [1.807, 2.05) is 0 Å². The van der Waals surface area contributed by atoms with Crippen molar-refractivity contribution in [1.29, 1.82) is 0 Å². The standard InChI is InChI=1S/C13H19NO5S/c1-10(15)4-3-9-14-20(17,18)12-7-5-11(6-8-12)13(16)19-2/h5-8,10,14-15H,3-4,9H2,1-2H3. The third-order valence-corrected chi connectivity index (χ3v) is 4.15. The molecule has 0 aliphatic rings. The molecule has 112 valence electrons. The van der Waals surface area contributed by atoms with Gasteiger partial charge in [0.15, 0.2) is 0 Å². The van der Waals surface area contributed by atoms with Crippen LogP contribution in [0.1, 0.15) is 30.1 Å². The Morgan fingerprint density at radius 1 is 1.35 bits per heavy atom. The fraction of sp³-hybridized carbons (Fsp3) is 0.462. The SMILES string of the molecule is COC(=O)c1ccc(S(=O)(=O)NCCCC(C)O)cc1. The summed E-state index contributed by atoms with van der Waals surface area (Å²) in [5.74, 6) is -0.515. The Kier molecular flexibility index (Phi) is 6.12. The number of benzene rings is 1. The monoisotopic (exact) mass is 301 g/mol. The summed E-state index contributed by atoms with van der Waals surface area (Å²) in [4.78, 5) is 11.3. The molecule has 0 fully saturated rings. The second kappa shape index (κ2) is 7.37. The Labute approximate surface area is 118 Å². The lowest BCUT2D eigenvalue weighted by molar-refractivity contribution is 0.0600. The Bertz CT molecular complexity index is 536. The lowest BCUT2D eigenvalue weighted by Gasteiger charge is -2.08. The van der Waals surface area contributed by atoms with Crippen LogP contribution in [0.3, 0.4) is 0 Å². The van der Waals surface area contributed by atoms with Gasteiger partial charge in [0.1, 0.15) is 0 Å². The lowest BCUT2D eigenvalue weighted by Crippen LogP contribution is -2.25. The average Bonchev–Trinajstić information content (AvgIpc) is 2.43. The van der Waals surface area contributed by atoms with Crippen molar-refractivity contribution in [3.8, 4) is 0 Å². The number of hydrogen-bond donors (Lipinski definition) is 2. The molecule has 0 heterocycles. The van der Waals surface area contributed by atoms with Crippen LogP contribution in [0, 0.1) is 0 Å². The predicted molar refractivity (Wildman–Crippen MR) is 73.9 cm³/mol. The van der Waals surface area contributed by atoms with Gasteiger partial charge in [-0.2, -0.15) is 0 Å².